The Morgan fingerprint density at radius 1 is 1.29 bits per heavy atom. The zero-order valence-electron chi connectivity index (χ0n) is 11.8. The number of rotatable bonds is 7. The van der Waals surface area contributed by atoms with Gasteiger partial charge in [0.15, 0.2) is 0 Å². The predicted molar refractivity (Wildman–Crippen MR) is 81.0 cm³/mol. The molecule has 0 saturated heterocycles. The molecule has 7 heteroatoms. The van der Waals surface area contributed by atoms with Crippen LogP contribution in [0.4, 0.5) is 10.5 Å². The van der Waals surface area contributed by atoms with Gasteiger partial charge in [-0.1, -0.05) is 11.6 Å². The van der Waals surface area contributed by atoms with E-state index < -0.39 is 5.97 Å². The normalized spacial score (nSPS) is 10.2. The number of aromatic carboxylic acids is 1. The molecule has 1 rings (SSSR count). The van der Waals surface area contributed by atoms with Crippen molar-refractivity contribution in [3.05, 3.63) is 28.8 Å². The van der Waals surface area contributed by atoms with Gasteiger partial charge in [0.05, 0.1) is 10.6 Å². The molecule has 0 aliphatic rings. The SMILES string of the molecule is CN(CCCCCO)C(=O)Nc1ccc(Cl)c(C(=O)O)c1. The van der Waals surface area contributed by atoms with Gasteiger partial charge in [-0.25, -0.2) is 9.59 Å². The monoisotopic (exact) mass is 314 g/mol. The summed E-state index contributed by atoms with van der Waals surface area (Å²) in [6.45, 7) is 0.712. The van der Waals surface area contributed by atoms with Gasteiger partial charge in [0.2, 0.25) is 0 Å². The maximum atomic E-state index is 11.9. The second-order valence-corrected chi connectivity index (χ2v) is 5.04. The van der Waals surface area contributed by atoms with Crippen molar-refractivity contribution in [2.45, 2.75) is 19.3 Å². The second kappa shape index (κ2) is 8.49. The largest absolute Gasteiger partial charge is 0.478 e. The summed E-state index contributed by atoms with van der Waals surface area (Å²) in [6.07, 6.45) is 2.36. The molecule has 0 unspecified atom stereocenters. The summed E-state index contributed by atoms with van der Waals surface area (Å²) in [6, 6.07) is 3.98. The molecule has 3 N–H and O–H groups in total. The van der Waals surface area contributed by atoms with Gasteiger partial charge in [0, 0.05) is 25.9 Å². The topological polar surface area (TPSA) is 89.9 Å². The zero-order valence-corrected chi connectivity index (χ0v) is 12.6. The first-order valence-corrected chi connectivity index (χ1v) is 6.99. The fourth-order valence-electron chi connectivity index (χ4n) is 1.72. The summed E-state index contributed by atoms with van der Waals surface area (Å²) < 4.78 is 0. The van der Waals surface area contributed by atoms with Crippen LogP contribution in [-0.2, 0) is 0 Å². The highest BCUT2D eigenvalue weighted by molar-refractivity contribution is 6.33. The minimum Gasteiger partial charge on any atom is -0.478 e. The Hall–Kier alpha value is -1.79. The first-order valence-electron chi connectivity index (χ1n) is 6.61. The van der Waals surface area contributed by atoms with E-state index in [4.69, 9.17) is 21.8 Å². The van der Waals surface area contributed by atoms with Crippen molar-refractivity contribution in [1.29, 1.82) is 0 Å². The van der Waals surface area contributed by atoms with Gasteiger partial charge in [-0.15, -0.1) is 0 Å². The molecule has 0 fully saturated rings. The molecule has 0 aliphatic carbocycles. The summed E-state index contributed by atoms with van der Waals surface area (Å²) in [5, 5.41) is 20.4. The van der Waals surface area contributed by atoms with Crippen molar-refractivity contribution in [3.63, 3.8) is 0 Å². The molecule has 1 aromatic carbocycles. The van der Waals surface area contributed by atoms with E-state index in [1.165, 1.54) is 17.0 Å². The van der Waals surface area contributed by atoms with Crippen molar-refractivity contribution in [2.24, 2.45) is 0 Å². The van der Waals surface area contributed by atoms with Gasteiger partial charge in [-0.3, -0.25) is 0 Å². The smallest absolute Gasteiger partial charge is 0.337 e. The molecular weight excluding hydrogens is 296 g/mol. The molecular formula is C14H19ClN2O4. The number of nitrogens with zero attached hydrogens (tertiary/aromatic N) is 1. The van der Waals surface area contributed by atoms with Crippen molar-refractivity contribution in [2.75, 3.05) is 25.5 Å². The molecule has 1 aromatic rings. The first-order chi connectivity index (χ1) is 9.95. The van der Waals surface area contributed by atoms with E-state index in [0.717, 1.165) is 12.8 Å². The van der Waals surface area contributed by atoms with Gasteiger partial charge >= 0.3 is 12.0 Å². The molecule has 116 valence electrons. The standard InChI is InChI=1S/C14H19ClN2O4/c1-17(7-3-2-4-8-18)14(21)16-10-5-6-12(15)11(9-10)13(19)20/h5-6,9,18H,2-4,7-8H2,1H3,(H,16,21)(H,19,20). The first kappa shape index (κ1) is 17.3. The maximum absolute atomic E-state index is 11.9. The second-order valence-electron chi connectivity index (χ2n) is 4.64. The molecule has 0 saturated carbocycles. The Labute approximate surface area is 128 Å². The predicted octanol–water partition coefficient (Wildman–Crippen LogP) is 2.66. The highest BCUT2D eigenvalue weighted by Gasteiger charge is 2.12. The minimum absolute atomic E-state index is 0.0555. The number of carboxylic acid groups (broad SMARTS) is 1. The maximum Gasteiger partial charge on any atom is 0.337 e. The van der Waals surface area contributed by atoms with Crippen LogP contribution in [0.2, 0.25) is 5.02 Å². The lowest BCUT2D eigenvalue weighted by Gasteiger charge is -2.18. The van der Waals surface area contributed by atoms with Gasteiger partial charge in [0.25, 0.3) is 0 Å². The molecule has 2 amide bonds. The number of anilines is 1. The number of nitrogens with one attached hydrogen (secondary N) is 1. The van der Waals surface area contributed by atoms with Gasteiger partial charge < -0.3 is 20.4 Å². The fourth-order valence-corrected chi connectivity index (χ4v) is 1.92. The number of carboxylic acids is 1. The van der Waals surface area contributed by atoms with Crippen LogP contribution in [0.25, 0.3) is 0 Å². The van der Waals surface area contributed by atoms with Crippen molar-refractivity contribution < 1.29 is 19.8 Å². The minimum atomic E-state index is -1.14. The Balaban J connectivity index is 2.58. The Morgan fingerprint density at radius 3 is 2.62 bits per heavy atom. The average molecular weight is 315 g/mol. The molecule has 6 nitrogen and oxygen atoms in total. The summed E-state index contributed by atoms with van der Waals surface area (Å²) >= 11 is 5.76. The Bertz CT molecular complexity index is 508. The number of benzene rings is 1. The lowest BCUT2D eigenvalue weighted by molar-refractivity contribution is 0.0697. The van der Waals surface area contributed by atoms with Gasteiger partial charge in [-0.2, -0.15) is 0 Å². The third-order valence-corrected chi connectivity index (χ3v) is 3.28. The number of amides is 2. The summed E-state index contributed by atoms with van der Waals surface area (Å²) in [4.78, 5) is 24.4. The number of carbonyl (C=O) groups is 2. The number of hydrogen-bond donors (Lipinski definition) is 3. The van der Waals surface area contributed by atoms with Gasteiger partial charge in [0.1, 0.15) is 0 Å². The molecule has 0 spiro atoms. The van der Waals surface area contributed by atoms with Gasteiger partial charge in [-0.05, 0) is 37.5 Å². The highest BCUT2D eigenvalue weighted by Crippen LogP contribution is 2.20. The number of unbranched alkanes of at least 4 members (excludes halogenated alkanes) is 2. The summed E-state index contributed by atoms with van der Waals surface area (Å²) in [5.74, 6) is -1.14. The van der Waals surface area contributed by atoms with Crippen LogP contribution in [0, 0.1) is 0 Å². The third kappa shape index (κ3) is 5.61. The van der Waals surface area contributed by atoms with Crippen LogP contribution in [0.1, 0.15) is 29.6 Å². The van der Waals surface area contributed by atoms with Crippen LogP contribution < -0.4 is 5.32 Å². The van der Waals surface area contributed by atoms with Crippen molar-refractivity contribution in [1.82, 2.24) is 4.90 Å². The summed E-state index contributed by atoms with van der Waals surface area (Å²) in [7, 11) is 1.66. The molecule has 0 aliphatic heterocycles. The van der Waals surface area contributed by atoms with E-state index >= 15 is 0 Å². The van der Waals surface area contributed by atoms with Crippen molar-refractivity contribution in [3.8, 4) is 0 Å². The number of hydrogen-bond acceptors (Lipinski definition) is 3. The lowest BCUT2D eigenvalue weighted by atomic mass is 10.2. The van der Waals surface area contributed by atoms with E-state index in [1.807, 2.05) is 0 Å². The molecule has 0 radical (unpaired) electrons. The third-order valence-electron chi connectivity index (χ3n) is 2.95. The average Bonchev–Trinajstić information content (AvgIpc) is 2.45. The number of halogens is 1. The number of carbonyl (C=O) groups excluding carboxylic acids is 1. The molecule has 21 heavy (non-hydrogen) atoms. The zero-order chi connectivity index (χ0) is 15.8. The van der Waals surface area contributed by atoms with Crippen LogP contribution in [0.15, 0.2) is 18.2 Å². The molecule has 0 atom stereocenters. The Kier molecular flexibility index (Phi) is 6.98. The quantitative estimate of drug-likeness (QED) is 0.675. The highest BCUT2D eigenvalue weighted by atomic mass is 35.5. The molecule has 0 bridgehead atoms. The summed E-state index contributed by atoms with van der Waals surface area (Å²) in [5.41, 5.74) is 0.323. The van der Waals surface area contributed by atoms with E-state index in [-0.39, 0.29) is 23.2 Å². The Morgan fingerprint density at radius 2 is 2.00 bits per heavy atom. The van der Waals surface area contributed by atoms with Crippen LogP contribution in [0.3, 0.4) is 0 Å². The van der Waals surface area contributed by atoms with Crippen LogP contribution in [-0.4, -0.2) is 47.3 Å². The lowest BCUT2D eigenvalue weighted by Crippen LogP contribution is -2.32. The van der Waals surface area contributed by atoms with Crippen LogP contribution >= 0.6 is 11.6 Å². The van der Waals surface area contributed by atoms with E-state index in [2.05, 4.69) is 5.32 Å². The molecule has 0 heterocycles. The number of aliphatic hydroxyl groups excluding tert-OH is 1. The van der Waals surface area contributed by atoms with E-state index in [0.29, 0.717) is 18.7 Å². The number of aliphatic hydroxyl groups is 1. The van der Waals surface area contributed by atoms with Crippen molar-refractivity contribution >= 4 is 29.3 Å². The van der Waals surface area contributed by atoms with Crippen LogP contribution in [0.5, 0.6) is 0 Å². The molecule has 0 aromatic heterocycles. The fraction of sp³-hybridized carbons (Fsp3) is 0.429. The van der Waals surface area contributed by atoms with E-state index in [1.54, 1.807) is 13.1 Å². The number of urea groups is 1. The van der Waals surface area contributed by atoms with E-state index in [9.17, 15) is 9.59 Å².